The molecule has 0 aromatic carbocycles. The van der Waals surface area contributed by atoms with Gasteiger partial charge < -0.3 is 20.1 Å². The minimum atomic E-state index is 0.0263. The van der Waals surface area contributed by atoms with Gasteiger partial charge in [0.25, 0.3) is 0 Å². The highest BCUT2D eigenvalue weighted by atomic mass is 16.5. The Balaban J connectivity index is 2.02. The summed E-state index contributed by atoms with van der Waals surface area (Å²) in [5, 5.41) is 11.2. The van der Waals surface area contributed by atoms with E-state index in [-0.39, 0.29) is 12.6 Å². The van der Waals surface area contributed by atoms with Gasteiger partial charge in [-0.15, -0.1) is 0 Å². The van der Waals surface area contributed by atoms with Crippen molar-refractivity contribution < 1.29 is 14.6 Å². The van der Waals surface area contributed by atoms with Crippen LogP contribution in [0.4, 0.5) is 4.79 Å². The Labute approximate surface area is 84.0 Å². The van der Waals surface area contributed by atoms with E-state index in [0.29, 0.717) is 13.2 Å². The number of aliphatic hydroxyl groups is 1. The van der Waals surface area contributed by atoms with E-state index in [1.807, 2.05) is 0 Å². The van der Waals surface area contributed by atoms with E-state index in [2.05, 4.69) is 5.32 Å². The van der Waals surface area contributed by atoms with Gasteiger partial charge in [0.1, 0.15) is 0 Å². The van der Waals surface area contributed by atoms with E-state index in [9.17, 15) is 4.79 Å². The highest BCUT2D eigenvalue weighted by molar-refractivity contribution is 5.74. The third-order valence-corrected chi connectivity index (χ3v) is 2.12. The van der Waals surface area contributed by atoms with Gasteiger partial charge in [-0.25, -0.2) is 4.79 Å². The number of urea groups is 1. The molecule has 0 saturated carbocycles. The van der Waals surface area contributed by atoms with Crippen molar-refractivity contribution in [2.45, 2.75) is 12.8 Å². The molecule has 1 rings (SSSR count). The minimum absolute atomic E-state index is 0.0263. The second-order valence-corrected chi connectivity index (χ2v) is 3.26. The summed E-state index contributed by atoms with van der Waals surface area (Å²) in [6.45, 7) is 3.40. The van der Waals surface area contributed by atoms with Crippen molar-refractivity contribution in [1.82, 2.24) is 10.2 Å². The van der Waals surface area contributed by atoms with E-state index in [0.717, 1.165) is 32.5 Å². The summed E-state index contributed by atoms with van der Waals surface area (Å²) < 4.78 is 5.10. The van der Waals surface area contributed by atoms with Crippen LogP contribution >= 0.6 is 0 Å². The topological polar surface area (TPSA) is 61.8 Å². The molecule has 1 aliphatic rings. The number of carbonyl (C=O) groups excluding carboxylic acids is 1. The maximum atomic E-state index is 11.2. The molecule has 82 valence electrons. The predicted octanol–water partition coefficient (Wildman–Crippen LogP) is -0.199. The lowest BCUT2D eigenvalue weighted by molar-refractivity contribution is 0.0854. The second-order valence-electron chi connectivity index (χ2n) is 3.26. The summed E-state index contributed by atoms with van der Waals surface area (Å²) in [7, 11) is 0. The van der Waals surface area contributed by atoms with Gasteiger partial charge in [0.15, 0.2) is 0 Å². The zero-order valence-electron chi connectivity index (χ0n) is 8.37. The molecular weight excluding hydrogens is 184 g/mol. The number of amides is 2. The standard InChI is InChI=1S/C9H18N2O3/c12-6-8-14-7-2-5-11-4-1-3-10-9(11)13/h12H,1-8H2,(H,10,13). The van der Waals surface area contributed by atoms with Crippen LogP contribution in [0, 0.1) is 0 Å². The molecule has 0 atom stereocenters. The fourth-order valence-electron chi connectivity index (χ4n) is 1.42. The molecule has 0 unspecified atom stereocenters. The molecule has 0 bridgehead atoms. The van der Waals surface area contributed by atoms with Crippen molar-refractivity contribution in [2.24, 2.45) is 0 Å². The monoisotopic (exact) mass is 202 g/mol. The van der Waals surface area contributed by atoms with Crippen LogP contribution < -0.4 is 5.32 Å². The van der Waals surface area contributed by atoms with Gasteiger partial charge in [-0.05, 0) is 12.8 Å². The molecule has 5 heteroatoms. The summed E-state index contributed by atoms with van der Waals surface area (Å²) in [6.07, 6.45) is 1.84. The normalized spacial score (nSPS) is 16.9. The zero-order valence-corrected chi connectivity index (χ0v) is 8.37. The van der Waals surface area contributed by atoms with Gasteiger partial charge in [0, 0.05) is 26.2 Å². The smallest absolute Gasteiger partial charge is 0.317 e. The van der Waals surface area contributed by atoms with Crippen molar-refractivity contribution in [3.63, 3.8) is 0 Å². The van der Waals surface area contributed by atoms with E-state index < -0.39 is 0 Å². The summed E-state index contributed by atoms with van der Waals surface area (Å²) >= 11 is 0. The maximum Gasteiger partial charge on any atom is 0.317 e. The Morgan fingerprint density at radius 1 is 1.50 bits per heavy atom. The van der Waals surface area contributed by atoms with E-state index in [1.165, 1.54) is 0 Å². The van der Waals surface area contributed by atoms with Crippen LogP contribution in [-0.4, -0.2) is 55.5 Å². The molecule has 1 heterocycles. The van der Waals surface area contributed by atoms with Crippen LogP contribution in [0.15, 0.2) is 0 Å². The van der Waals surface area contributed by atoms with Crippen molar-refractivity contribution >= 4 is 6.03 Å². The number of hydrogen-bond donors (Lipinski definition) is 2. The largest absolute Gasteiger partial charge is 0.394 e. The predicted molar refractivity (Wildman–Crippen MR) is 52.1 cm³/mol. The van der Waals surface area contributed by atoms with Crippen LogP contribution in [-0.2, 0) is 4.74 Å². The fourth-order valence-corrected chi connectivity index (χ4v) is 1.42. The van der Waals surface area contributed by atoms with Crippen molar-refractivity contribution in [1.29, 1.82) is 0 Å². The van der Waals surface area contributed by atoms with Gasteiger partial charge in [-0.2, -0.15) is 0 Å². The lowest BCUT2D eigenvalue weighted by Gasteiger charge is -2.27. The molecule has 5 nitrogen and oxygen atoms in total. The summed E-state index contributed by atoms with van der Waals surface area (Å²) in [5.74, 6) is 0. The average molecular weight is 202 g/mol. The number of ether oxygens (including phenoxy) is 1. The summed E-state index contributed by atoms with van der Waals surface area (Å²) in [4.78, 5) is 13.0. The van der Waals surface area contributed by atoms with Crippen LogP contribution in [0.1, 0.15) is 12.8 Å². The number of nitrogens with one attached hydrogen (secondary N) is 1. The number of nitrogens with zero attached hydrogens (tertiary/aromatic N) is 1. The minimum Gasteiger partial charge on any atom is -0.394 e. The Bertz CT molecular complexity index is 175. The zero-order chi connectivity index (χ0) is 10.2. The average Bonchev–Trinajstić information content (AvgIpc) is 2.20. The Kier molecular flexibility index (Phi) is 5.32. The first-order chi connectivity index (χ1) is 6.84. The maximum absolute atomic E-state index is 11.2. The van der Waals surface area contributed by atoms with Gasteiger partial charge >= 0.3 is 6.03 Å². The molecule has 0 aromatic rings. The summed E-state index contributed by atoms with van der Waals surface area (Å²) in [6, 6.07) is 0.0263. The van der Waals surface area contributed by atoms with Gasteiger partial charge in [-0.1, -0.05) is 0 Å². The van der Waals surface area contributed by atoms with Gasteiger partial charge in [-0.3, -0.25) is 0 Å². The van der Waals surface area contributed by atoms with Crippen molar-refractivity contribution in [3.05, 3.63) is 0 Å². The second kappa shape index (κ2) is 6.62. The Hall–Kier alpha value is -0.810. The first-order valence-electron chi connectivity index (χ1n) is 5.06. The van der Waals surface area contributed by atoms with Gasteiger partial charge in [0.2, 0.25) is 0 Å². The molecule has 0 aromatic heterocycles. The fraction of sp³-hybridized carbons (Fsp3) is 0.889. The third-order valence-electron chi connectivity index (χ3n) is 2.12. The molecule has 2 N–H and O–H groups in total. The van der Waals surface area contributed by atoms with Crippen LogP contribution in [0.2, 0.25) is 0 Å². The number of rotatable bonds is 6. The van der Waals surface area contributed by atoms with Crippen molar-refractivity contribution in [2.75, 3.05) is 39.5 Å². The third kappa shape index (κ3) is 3.93. The number of hydrogen-bond acceptors (Lipinski definition) is 3. The Morgan fingerprint density at radius 3 is 3.07 bits per heavy atom. The highest BCUT2D eigenvalue weighted by Gasteiger charge is 2.15. The molecule has 1 fully saturated rings. The molecular formula is C9H18N2O3. The molecule has 0 aliphatic carbocycles. The molecule has 1 saturated heterocycles. The number of aliphatic hydroxyl groups excluding tert-OH is 1. The van der Waals surface area contributed by atoms with E-state index >= 15 is 0 Å². The van der Waals surface area contributed by atoms with Crippen molar-refractivity contribution in [3.8, 4) is 0 Å². The molecule has 2 amide bonds. The van der Waals surface area contributed by atoms with Gasteiger partial charge in [0.05, 0.1) is 13.2 Å². The first-order valence-corrected chi connectivity index (χ1v) is 5.06. The molecule has 14 heavy (non-hydrogen) atoms. The SMILES string of the molecule is O=C1NCCCN1CCCOCCO. The quantitative estimate of drug-likeness (QED) is 0.586. The number of carbonyl (C=O) groups is 1. The Morgan fingerprint density at radius 2 is 2.36 bits per heavy atom. The van der Waals surface area contributed by atoms with Crippen LogP contribution in [0.3, 0.4) is 0 Å². The van der Waals surface area contributed by atoms with Crippen LogP contribution in [0.5, 0.6) is 0 Å². The molecule has 1 aliphatic heterocycles. The van der Waals surface area contributed by atoms with E-state index in [1.54, 1.807) is 4.90 Å². The molecule has 0 spiro atoms. The van der Waals surface area contributed by atoms with Crippen LogP contribution in [0.25, 0.3) is 0 Å². The molecule has 0 radical (unpaired) electrons. The summed E-state index contributed by atoms with van der Waals surface area (Å²) in [5.41, 5.74) is 0. The first kappa shape index (κ1) is 11.3. The highest BCUT2D eigenvalue weighted by Crippen LogP contribution is 2.00. The lowest BCUT2D eigenvalue weighted by Crippen LogP contribution is -2.46. The van der Waals surface area contributed by atoms with E-state index in [4.69, 9.17) is 9.84 Å². The lowest BCUT2D eigenvalue weighted by atomic mass is 10.3.